The zero-order chi connectivity index (χ0) is 19.1. The van der Waals surface area contributed by atoms with E-state index in [-0.39, 0.29) is 11.5 Å². The van der Waals surface area contributed by atoms with Crippen LogP contribution in [0, 0.1) is 13.8 Å². The minimum Gasteiger partial charge on any atom is -0.491 e. The van der Waals surface area contributed by atoms with Crippen LogP contribution in [-0.2, 0) is 20.0 Å². The molecule has 0 aromatic heterocycles. The first-order chi connectivity index (χ1) is 12.1. The summed E-state index contributed by atoms with van der Waals surface area (Å²) in [4.78, 5) is 0.674. The van der Waals surface area contributed by atoms with Crippen LogP contribution in [0.1, 0.15) is 37.5 Å². The molecule has 0 radical (unpaired) electrons. The van der Waals surface area contributed by atoms with Crippen molar-refractivity contribution in [3.05, 3.63) is 53.1 Å². The fourth-order valence-electron chi connectivity index (χ4n) is 3.02. The van der Waals surface area contributed by atoms with Crippen molar-refractivity contribution in [3.8, 4) is 5.75 Å². The standard InChI is InChI=1S/C21H26O4S/c1-14-10-17(24-12-18-13-25-18)11-15(2)20(14)26(22,23)19-8-6-16(7-9-19)21(3,4)5/h6-11,18H,12-13H2,1-5H3. The summed E-state index contributed by atoms with van der Waals surface area (Å²) in [6.45, 7) is 11.2. The molecule has 1 unspecified atom stereocenters. The van der Waals surface area contributed by atoms with Crippen molar-refractivity contribution >= 4 is 9.84 Å². The summed E-state index contributed by atoms with van der Waals surface area (Å²) in [5.41, 5.74) is 2.47. The number of ether oxygens (including phenoxy) is 2. The SMILES string of the molecule is Cc1cc(OCC2CO2)cc(C)c1S(=O)(=O)c1ccc(C(C)(C)C)cc1. The molecule has 1 fully saturated rings. The van der Waals surface area contributed by atoms with Crippen molar-refractivity contribution < 1.29 is 17.9 Å². The molecule has 1 heterocycles. The quantitative estimate of drug-likeness (QED) is 0.736. The second kappa shape index (κ2) is 6.71. The number of sulfone groups is 1. The van der Waals surface area contributed by atoms with Gasteiger partial charge in [-0.15, -0.1) is 0 Å². The van der Waals surface area contributed by atoms with Crippen LogP contribution in [0.15, 0.2) is 46.2 Å². The van der Waals surface area contributed by atoms with Crippen molar-refractivity contribution in [2.45, 2.75) is 55.9 Å². The van der Waals surface area contributed by atoms with E-state index in [1.807, 2.05) is 26.0 Å². The molecule has 4 nitrogen and oxygen atoms in total. The smallest absolute Gasteiger partial charge is 0.207 e. The predicted molar refractivity (Wildman–Crippen MR) is 102 cm³/mol. The fraction of sp³-hybridized carbons (Fsp3) is 0.429. The molecular formula is C21H26O4S. The molecule has 0 aliphatic carbocycles. The van der Waals surface area contributed by atoms with Crippen LogP contribution in [-0.4, -0.2) is 27.7 Å². The number of aryl methyl sites for hydroxylation is 2. The third kappa shape index (κ3) is 3.94. The Morgan fingerprint density at radius 1 is 1.08 bits per heavy atom. The number of hydrogen-bond donors (Lipinski definition) is 0. The molecule has 3 rings (SSSR count). The number of rotatable bonds is 5. The molecule has 1 aliphatic rings. The van der Waals surface area contributed by atoms with E-state index in [0.29, 0.717) is 33.3 Å². The van der Waals surface area contributed by atoms with Gasteiger partial charge in [-0.1, -0.05) is 32.9 Å². The second-order valence-electron chi connectivity index (χ2n) is 7.93. The van der Waals surface area contributed by atoms with Crippen LogP contribution < -0.4 is 4.74 Å². The lowest BCUT2D eigenvalue weighted by molar-refractivity contribution is 0.262. The normalized spacial score (nSPS) is 17.2. The lowest BCUT2D eigenvalue weighted by atomic mass is 9.87. The molecular weight excluding hydrogens is 348 g/mol. The molecule has 0 N–H and O–H groups in total. The van der Waals surface area contributed by atoms with Crippen molar-refractivity contribution in [2.75, 3.05) is 13.2 Å². The highest BCUT2D eigenvalue weighted by molar-refractivity contribution is 7.91. The highest BCUT2D eigenvalue weighted by atomic mass is 32.2. The molecule has 26 heavy (non-hydrogen) atoms. The summed E-state index contributed by atoms with van der Waals surface area (Å²) >= 11 is 0. The second-order valence-corrected chi connectivity index (χ2v) is 9.82. The van der Waals surface area contributed by atoms with Gasteiger partial charge in [0.1, 0.15) is 18.5 Å². The number of benzene rings is 2. The van der Waals surface area contributed by atoms with Gasteiger partial charge in [-0.05, 0) is 60.2 Å². The Morgan fingerprint density at radius 2 is 1.62 bits per heavy atom. The number of hydrogen-bond acceptors (Lipinski definition) is 4. The van der Waals surface area contributed by atoms with Gasteiger partial charge in [-0.2, -0.15) is 0 Å². The molecule has 1 aliphatic heterocycles. The molecule has 2 aromatic rings. The van der Waals surface area contributed by atoms with Crippen LogP contribution in [0.4, 0.5) is 0 Å². The van der Waals surface area contributed by atoms with E-state index < -0.39 is 9.84 Å². The summed E-state index contributed by atoms with van der Waals surface area (Å²) in [5, 5.41) is 0. The van der Waals surface area contributed by atoms with Crippen LogP contribution in [0.3, 0.4) is 0 Å². The highest BCUT2D eigenvalue weighted by Gasteiger charge is 2.26. The van der Waals surface area contributed by atoms with Crippen molar-refractivity contribution in [1.82, 2.24) is 0 Å². The van der Waals surface area contributed by atoms with Gasteiger partial charge >= 0.3 is 0 Å². The first-order valence-electron chi connectivity index (χ1n) is 8.80. The van der Waals surface area contributed by atoms with Gasteiger partial charge in [0.05, 0.1) is 16.4 Å². The van der Waals surface area contributed by atoms with E-state index in [9.17, 15) is 8.42 Å². The monoisotopic (exact) mass is 374 g/mol. The number of epoxide rings is 1. The topological polar surface area (TPSA) is 55.9 Å². The Bertz CT molecular complexity index is 879. The maximum atomic E-state index is 13.2. The summed E-state index contributed by atoms with van der Waals surface area (Å²) in [5.74, 6) is 0.678. The summed E-state index contributed by atoms with van der Waals surface area (Å²) in [6.07, 6.45) is 0.167. The third-order valence-corrected chi connectivity index (χ3v) is 6.65. The minimum absolute atomic E-state index is 0.0155. The summed E-state index contributed by atoms with van der Waals surface area (Å²) in [7, 11) is -3.58. The lowest BCUT2D eigenvalue weighted by Gasteiger charge is -2.19. The first kappa shape index (κ1) is 18.9. The maximum Gasteiger partial charge on any atom is 0.207 e. The van der Waals surface area contributed by atoms with Gasteiger partial charge in [0, 0.05) is 0 Å². The highest BCUT2D eigenvalue weighted by Crippen LogP contribution is 2.32. The molecule has 140 valence electrons. The molecule has 1 atom stereocenters. The van der Waals surface area contributed by atoms with Gasteiger partial charge in [0.25, 0.3) is 0 Å². The van der Waals surface area contributed by atoms with Gasteiger partial charge in [0.2, 0.25) is 9.84 Å². The third-order valence-electron chi connectivity index (χ3n) is 4.57. The van der Waals surface area contributed by atoms with E-state index in [1.165, 1.54) is 0 Å². The zero-order valence-corrected chi connectivity index (χ0v) is 16.8. The zero-order valence-electron chi connectivity index (χ0n) is 16.0. The van der Waals surface area contributed by atoms with Crippen LogP contribution in [0.2, 0.25) is 0 Å². The van der Waals surface area contributed by atoms with E-state index in [4.69, 9.17) is 9.47 Å². The Hall–Kier alpha value is -1.85. The van der Waals surface area contributed by atoms with E-state index in [0.717, 1.165) is 12.2 Å². The van der Waals surface area contributed by atoms with Crippen LogP contribution >= 0.6 is 0 Å². The Labute approximate surface area is 156 Å². The van der Waals surface area contributed by atoms with Crippen molar-refractivity contribution in [3.63, 3.8) is 0 Å². The first-order valence-corrected chi connectivity index (χ1v) is 10.3. The van der Waals surface area contributed by atoms with Gasteiger partial charge in [-0.3, -0.25) is 0 Å². The lowest BCUT2D eigenvalue weighted by Crippen LogP contribution is -2.12. The molecule has 1 saturated heterocycles. The predicted octanol–water partition coefficient (Wildman–Crippen LogP) is 4.21. The van der Waals surface area contributed by atoms with Crippen molar-refractivity contribution in [1.29, 1.82) is 0 Å². The molecule has 0 spiro atoms. The molecule has 2 aromatic carbocycles. The van der Waals surface area contributed by atoms with Crippen LogP contribution in [0.5, 0.6) is 5.75 Å². The van der Waals surface area contributed by atoms with Crippen LogP contribution in [0.25, 0.3) is 0 Å². The molecule has 5 heteroatoms. The Kier molecular flexibility index (Phi) is 4.88. The van der Waals surface area contributed by atoms with E-state index in [2.05, 4.69) is 20.8 Å². The van der Waals surface area contributed by atoms with E-state index in [1.54, 1.807) is 24.3 Å². The minimum atomic E-state index is -3.58. The summed E-state index contributed by atoms with van der Waals surface area (Å²) in [6, 6.07) is 10.8. The Balaban J connectivity index is 1.93. The average molecular weight is 375 g/mol. The maximum absolute atomic E-state index is 13.2. The molecule has 0 saturated carbocycles. The molecule has 0 bridgehead atoms. The Morgan fingerprint density at radius 3 is 2.08 bits per heavy atom. The fourth-order valence-corrected chi connectivity index (χ4v) is 4.72. The van der Waals surface area contributed by atoms with Gasteiger partial charge < -0.3 is 9.47 Å². The van der Waals surface area contributed by atoms with E-state index >= 15 is 0 Å². The molecule has 0 amide bonds. The largest absolute Gasteiger partial charge is 0.491 e. The van der Waals surface area contributed by atoms with Gasteiger partial charge in [-0.25, -0.2) is 8.42 Å². The average Bonchev–Trinajstić information content (AvgIpc) is 3.35. The summed E-state index contributed by atoms with van der Waals surface area (Å²) < 4.78 is 37.2. The van der Waals surface area contributed by atoms with Gasteiger partial charge in [0.15, 0.2) is 0 Å². The van der Waals surface area contributed by atoms with Crippen molar-refractivity contribution in [2.24, 2.45) is 0 Å².